The largest absolute Gasteiger partial charge is 0.497 e. The number of carbonyl (C=O) groups is 2. The Morgan fingerprint density at radius 1 is 1.40 bits per heavy atom. The summed E-state index contributed by atoms with van der Waals surface area (Å²) in [7, 11) is 2.84. The average Bonchev–Trinajstić information content (AvgIpc) is 2.45. The number of benzene rings is 1. The zero-order valence-electron chi connectivity index (χ0n) is 11.3. The molecular formula is C14H17NO5. The van der Waals surface area contributed by atoms with Gasteiger partial charge in [-0.1, -0.05) is 12.1 Å². The molecule has 0 aliphatic rings. The van der Waals surface area contributed by atoms with Crippen molar-refractivity contribution < 1.29 is 24.2 Å². The van der Waals surface area contributed by atoms with Crippen LogP contribution in [-0.4, -0.2) is 43.9 Å². The van der Waals surface area contributed by atoms with Crippen LogP contribution in [0.25, 0.3) is 6.08 Å². The van der Waals surface area contributed by atoms with Crippen LogP contribution in [0.4, 0.5) is 0 Å². The van der Waals surface area contributed by atoms with Gasteiger partial charge in [-0.15, -0.1) is 0 Å². The molecule has 6 nitrogen and oxygen atoms in total. The van der Waals surface area contributed by atoms with Gasteiger partial charge in [0.1, 0.15) is 5.75 Å². The van der Waals surface area contributed by atoms with Gasteiger partial charge in [0.2, 0.25) is 5.91 Å². The highest BCUT2D eigenvalue weighted by atomic mass is 16.5. The summed E-state index contributed by atoms with van der Waals surface area (Å²) >= 11 is 0. The fourth-order valence-electron chi connectivity index (χ4n) is 1.44. The van der Waals surface area contributed by atoms with E-state index in [0.717, 1.165) is 5.56 Å². The van der Waals surface area contributed by atoms with E-state index in [1.54, 1.807) is 25.3 Å². The molecule has 108 valence electrons. The van der Waals surface area contributed by atoms with E-state index in [1.807, 2.05) is 12.1 Å². The summed E-state index contributed by atoms with van der Waals surface area (Å²) in [6.07, 6.45) is 1.88. The zero-order chi connectivity index (χ0) is 15.0. The van der Waals surface area contributed by atoms with Crippen molar-refractivity contribution in [2.75, 3.05) is 20.8 Å². The van der Waals surface area contributed by atoms with E-state index in [0.29, 0.717) is 5.75 Å². The van der Waals surface area contributed by atoms with E-state index in [4.69, 9.17) is 14.6 Å². The Kier molecular flexibility index (Phi) is 6.25. The lowest BCUT2D eigenvalue weighted by Crippen LogP contribution is -2.37. The Labute approximate surface area is 117 Å². The standard InChI is InChI=1S/C14H17NO5/c1-19-11-5-3-4-10(8-11)6-7-13(16)15-9-12(20-2)14(17)18/h3-8,12H,9H2,1-2H3,(H,15,16)(H,17,18)/b7-6+. The number of hydrogen-bond donors (Lipinski definition) is 2. The third-order valence-corrected chi connectivity index (χ3v) is 2.54. The lowest BCUT2D eigenvalue weighted by atomic mass is 10.2. The van der Waals surface area contributed by atoms with Gasteiger partial charge in [-0.25, -0.2) is 4.79 Å². The predicted octanol–water partition coefficient (Wildman–Crippen LogP) is 0.924. The molecule has 0 bridgehead atoms. The van der Waals surface area contributed by atoms with Crippen molar-refractivity contribution in [3.63, 3.8) is 0 Å². The number of carboxylic acid groups (broad SMARTS) is 1. The molecule has 0 radical (unpaired) electrons. The van der Waals surface area contributed by atoms with Crippen molar-refractivity contribution in [1.82, 2.24) is 5.32 Å². The Balaban J connectivity index is 2.52. The highest BCUT2D eigenvalue weighted by molar-refractivity contribution is 5.92. The molecule has 6 heteroatoms. The average molecular weight is 279 g/mol. The van der Waals surface area contributed by atoms with E-state index < -0.39 is 18.0 Å². The number of carbonyl (C=O) groups excluding carboxylic acids is 1. The molecule has 1 rings (SSSR count). The Bertz CT molecular complexity index is 498. The smallest absolute Gasteiger partial charge is 0.334 e. The summed E-state index contributed by atoms with van der Waals surface area (Å²) < 4.78 is 9.77. The highest BCUT2D eigenvalue weighted by Crippen LogP contribution is 2.13. The summed E-state index contributed by atoms with van der Waals surface area (Å²) in [5, 5.41) is 11.2. The van der Waals surface area contributed by atoms with Crippen LogP contribution in [0.3, 0.4) is 0 Å². The molecule has 0 saturated carbocycles. The van der Waals surface area contributed by atoms with Gasteiger partial charge in [-0.2, -0.15) is 0 Å². The molecule has 1 aromatic rings. The fourth-order valence-corrected chi connectivity index (χ4v) is 1.44. The molecule has 1 aromatic carbocycles. The number of ether oxygens (including phenoxy) is 2. The van der Waals surface area contributed by atoms with Crippen LogP contribution in [0, 0.1) is 0 Å². The number of rotatable bonds is 7. The number of hydrogen-bond acceptors (Lipinski definition) is 4. The first-order chi connectivity index (χ1) is 9.56. The first kappa shape index (κ1) is 15.7. The molecule has 0 heterocycles. The summed E-state index contributed by atoms with van der Waals surface area (Å²) in [6.45, 7) is -0.0902. The third-order valence-electron chi connectivity index (χ3n) is 2.54. The Morgan fingerprint density at radius 3 is 2.75 bits per heavy atom. The van der Waals surface area contributed by atoms with Crippen molar-refractivity contribution in [2.24, 2.45) is 0 Å². The molecule has 0 aliphatic carbocycles. The fraction of sp³-hybridized carbons (Fsp3) is 0.286. The maximum Gasteiger partial charge on any atom is 0.334 e. The molecular weight excluding hydrogens is 262 g/mol. The number of aliphatic carboxylic acids is 1. The Hall–Kier alpha value is -2.34. The van der Waals surface area contributed by atoms with E-state index in [9.17, 15) is 9.59 Å². The quantitative estimate of drug-likeness (QED) is 0.725. The van der Waals surface area contributed by atoms with Crippen LogP contribution in [0.15, 0.2) is 30.3 Å². The van der Waals surface area contributed by atoms with Gasteiger partial charge in [0, 0.05) is 13.2 Å². The first-order valence-corrected chi connectivity index (χ1v) is 5.92. The van der Waals surface area contributed by atoms with Gasteiger partial charge in [-0.05, 0) is 23.8 Å². The summed E-state index contributed by atoms with van der Waals surface area (Å²) in [6, 6.07) is 7.20. The molecule has 2 N–H and O–H groups in total. The van der Waals surface area contributed by atoms with Gasteiger partial charge >= 0.3 is 5.97 Å². The molecule has 0 spiro atoms. The van der Waals surface area contributed by atoms with Crippen LogP contribution in [-0.2, 0) is 14.3 Å². The van der Waals surface area contributed by atoms with Crippen LogP contribution in [0.2, 0.25) is 0 Å². The molecule has 0 aromatic heterocycles. The van der Waals surface area contributed by atoms with Gasteiger partial charge in [0.05, 0.1) is 13.7 Å². The minimum atomic E-state index is -1.12. The lowest BCUT2D eigenvalue weighted by Gasteiger charge is -2.10. The summed E-state index contributed by atoms with van der Waals surface area (Å²) in [5.41, 5.74) is 0.807. The number of carboxylic acids is 1. The maximum atomic E-state index is 11.5. The van der Waals surface area contributed by atoms with Crippen LogP contribution in [0.5, 0.6) is 5.75 Å². The van der Waals surface area contributed by atoms with Crippen molar-refractivity contribution in [3.8, 4) is 5.75 Å². The molecule has 1 atom stereocenters. The van der Waals surface area contributed by atoms with Crippen LogP contribution < -0.4 is 10.1 Å². The van der Waals surface area contributed by atoms with Gasteiger partial charge in [0.15, 0.2) is 6.10 Å². The highest BCUT2D eigenvalue weighted by Gasteiger charge is 2.16. The topological polar surface area (TPSA) is 84.9 Å². The summed E-state index contributed by atoms with van der Waals surface area (Å²) in [5.74, 6) is -0.821. The first-order valence-electron chi connectivity index (χ1n) is 5.92. The Morgan fingerprint density at radius 2 is 2.15 bits per heavy atom. The van der Waals surface area contributed by atoms with Crippen molar-refractivity contribution in [3.05, 3.63) is 35.9 Å². The lowest BCUT2D eigenvalue weighted by molar-refractivity contribution is -0.148. The molecule has 0 saturated heterocycles. The molecule has 20 heavy (non-hydrogen) atoms. The van der Waals surface area contributed by atoms with Crippen LogP contribution in [0.1, 0.15) is 5.56 Å². The second kappa shape index (κ2) is 7.96. The normalized spacial score (nSPS) is 12.1. The van der Waals surface area contributed by atoms with Crippen molar-refractivity contribution >= 4 is 18.0 Å². The molecule has 0 aliphatic heterocycles. The van der Waals surface area contributed by atoms with Gasteiger partial charge in [0.25, 0.3) is 0 Å². The van der Waals surface area contributed by atoms with E-state index in [-0.39, 0.29) is 6.54 Å². The van der Waals surface area contributed by atoms with Crippen LogP contribution >= 0.6 is 0 Å². The second-order valence-corrected chi connectivity index (χ2v) is 3.92. The zero-order valence-corrected chi connectivity index (χ0v) is 11.3. The van der Waals surface area contributed by atoms with Gasteiger partial charge in [-0.3, -0.25) is 4.79 Å². The predicted molar refractivity (Wildman–Crippen MR) is 73.5 cm³/mol. The van der Waals surface area contributed by atoms with Crippen molar-refractivity contribution in [2.45, 2.75) is 6.10 Å². The SMILES string of the molecule is COc1cccc(/C=C/C(=O)NCC(OC)C(=O)O)c1. The monoisotopic (exact) mass is 279 g/mol. The second-order valence-electron chi connectivity index (χ2n) is 3.92. The van der Waals surface area contributed by atoms with Gasteiger partial charge < -0.3 is 19.9 Å². The number of amides is 1. The minimum absolute atomic E-state index is 0.0902. The molecule has 1 amide bonds. The van der Waals surface area contributed by atoms with Crippen molar-refractivity contribution in [1.29, 1.82) is 0 Å². The van der Waals surface area contributed by atoms with E-state index in [2.05, 4.69) is 5.32 Å². The third kappa shape index (κ3) is 5.11. The minimum Gasteiger partial charge on any atom is -0.497 e. The number of nitrogens with one attached hydrogen (secondary N) is 1. The maximum absolute atomic E-state index is 11.5. The number of methoxy groups -OCH3 is 2. The summed E-state index contributed by atoms with van der Waals surface area (Å²) in [4.78, 5) is 22.2. The molecule has 0 fully saturated rings. The van der Waals surface area contributed by atoms with E-state index >= 15 is 0 Å². The van der Waals surface area contributed by atoms with E-state index in [1.165, 1.54) is 13.2 Å². The molecule has 1 unspecified atom stereocenters.